The number of fused-ring (bicyclic) bond motifs is 7. The molecule has 182 valence electrons. The highest BCUT2D eigenvalue weighted by molar-refractivity contribution is 5.35. The molecule has 0 saturated heterocycles. The van der Waals surface area contributed by atoms with E-state index in [1.54, 1.807) is 5.57 Å². The Hall–Kier alpha value is -0.340. The van der Waals surface area contributed by atoms with Crippen molar-refractivity contribution in [3.8, 4) is 0 Å². The minimum Gasteiger partial charge on any atom is -0.393 e. The number of aliphatic hydroxyl groups is 2. The third-order valence-corrected chi connectivity index (χ3v) is 13.0. The van der Waals surface area contributed by atoms with Crippen LogP contribution in [0.2, 0.25) is 0 Å². The molecular formula is C30H50O2. The summed E-state index contributed by atoms with van der Waals surface area (Å²) in [5, 5.41) is 22.8. The predicted octanol–water partition coefficient (Wildman–Crippen LogP) is 7.14. The number of aliphatic hydroxyl groups excluding tert-OH is 2. The van der Waals surface area contributed by atoms with Crippen LogP contribution in [0.5, 0.6) is 0 Å². The second-order valence-corrected chi connectivity index (χ2v) is 15.4. The maximum absolute atomic E-state index is 11.9. The summed E-state index contributed by atoms with van der Waals surface area (Å²) in [6.45, 7) is 19.7. The first-order valence-electron chi connectivity index (χ1n) is 13.7. The van der Waals surface area contributed by atoms with Gasteiger partial charge in [0, 0.05) is 5.92 Å². The van der Waals surface area contributed by atoms with Gasteiger partial charge in [-0.3, -0.25) is 0 Å². The molecule has 0 aromatic carbocycles. The number of allylic oxidation sites excluding steroid dienone is 1. The summed E-state index contributed by atoms with van der Waals surface area (Å²) in [6, 6.07) is 0. The standard InChI is InChI=1S/C30H50O2/c1-25(2)13-14-27(5)15-16-29(7)19(20(27)18-25)17-21(31)24-28(6)11-10-23(32)26(3,4)22(28)9-12-30(24,29)8/h17,20-24,31-32H,9-16,18H2,1-8H3/t20-,21?,22?,23?,24-,27-,28+,29-,30-/m1/s1. The molecule has 0 amide bonds. The normalized spacial score (nSPS) is 56.2. The van der Waals surface area contributed by atoms with Crippen LogP contribution in [0.1, 0.15) is 113 Å². The molecule has 0 aromatic heterocycles. The van der Waals surface area contributed by atoms with Gasteiger partial charge in [0.15, 0.2) is 0 Å². The van der Waals surface area contributed by atoms with Crippen LogP contribution < -0.4 is 0 Å². The topological polar surface area (TPSA) is 40.5 Å². The zero-order chi connectivity index (χ0) is 23.5. The van der Waals surface area contributed by atoms with Gasteiger partial charge in [0.1, 0.15) is 0 Å². The van der Waals surface area contributed by atoms with Gasteiger partial charge in [-0.25, -0.2) is 0 Å². The average Bonchev–Trinajstić information content (AvgIpc) is 2.68. The molecule has 3 unspecified atom stereocenters. The minimum absolute atomic E-state index is 0.0719. The summed E-state index contributed by atoms with van der Waals surface area (Å²) in [6.07, 6.45) is 12.7. The molecule has 2 N–H and O–H groups in total. The highest BCUT2D eigenvalue weighted by atomic mass is 16.3. The zero-order valence-corrected chi connectivity index (χ0v) is 22.2. The first kappa shape index (κ1) is 23.4. The second kappa shape index (κ2) is 6.66. The summed E-state index contributed by atoms with van der Waals surface area (Å²) in [5.74, 6) is 1.38. The molecular weight excluding hydrogens is 392 g/mol. The quantitative estimate of drug-likeness (QED) is 0.391. The third-order valence-electron chi connectivity index (χ3n) is 13.0. The molecule has 0 spiro atoms. The van der Waals surface area contributed by atoms with Crippen molar-refractivity contribution >= 4 is 0 Å². The van der Waals surface area contributed by atoms with Crippen LogP contribution in [0.4, 0.5) is 0 Å². The highest BCUT2D eigenvalue weighted by Gasteiger charge is 2.69. The molecule has 0 heterocycles. The molecule has 5 aliphatic carbocycles. The van der Waals surface area contributed by atoms with Gasteiger partial charge in [-0.1, -0.05) is 67.0 Å². The fraction of sp³-hybridized carbons (Fsp3) is 0.933. The Bertz CT molecular complexity index is 825. The van der Waals surface area contributed by atoms with Crippen LogP contribution in [0, 0.1) is 50.2 Å². The van der Waals surface area contributed by atoms with Crippen molar-refractivity contribution in [1.29, 1.82) is 0 Å². The van der Waals surface area contributed by atoms with Crippen LogP contribution in [0.15, 0.2) is 11.6 Å². The molecule has 32 heavy (non-hydrogen) atoms. The van der Waals surface area contributed by atoms with Crippen molar-refractivity contribution < 1.29 is 10.2 Å². The largest absolute Gasteiger partial charge is 0.393 e. The molecule has 9 atom stereocenters. The Labute approximate surface area is 197 Å². The van der Waals surface area contributed by atoms with Crippen LogP contribution >= 0.6 is 0 Å². The maximum Gasteiger partial charge on any atom is 0.0762 e. The molecule has 0 aromatic rings. The summed E-state index contributed by atoms with van der Waals surface area (Å²) in [7, 11) is 0. The van der Waals surface area contributed by atoms with E-state index in [0.29, 0.717) is 22.7 Å². The zero-order valence-electron chi connectivity index (χ0n) is 22.2. The number of rotatable bonds is 0. The summed E-state index contributed by atoms with van der Waals surface area (Å²) in [4.78, 5) is 0. The monoisotopic (exact) mass is 442 g/mol. The van der Waals surface area contributed by atoms with Crippen molar-refractivity contribution in [2.75, 3.05) is 0 Å². The van der Waals surface area contributed by atoms with Gasteiger partial charge in [-0.2, -0.15) is 0 Å². The van der Waals surface area contributed by atoms with Crippen molar-refractivity contribution in [3.05, 3.63) is 11.6 Å². The van der Waals surface area contributed by atoms with Crippen molar-refractivity contribution in [3.63, 3.8) is 0 Å². The molecule has 0 radical (unpaired) electrons. The molecule has 4 fully saturated rings. The average molecular weight is 443 g/mol. The summed E-state index contributed by atoms with van der Waals surface area (Å²) < 4.78 is 0. The lowest BCUT2D eigenvalue weighted by atomic mass is 9.33. The molecule has 0 bridgehead atoms. The number of hydrogen-bond acceptors (Lipinski definition) is 2. The van der Waals surface area contributed by atoms with Gasteiger partial charge in [0.2, 0.25) is 0 Å². The first-order chi connectivity index (χ1) is 14.6. The Balaban J connectivity index is 1.62. The van der Waals surface area contributed by atoms with E-state index in [2.05, 4.69) is 61.5 Å². The lowest BCUT2D eigenvalue weighted by Crippen LogP contribution is -2.67. The molecule has 2 nitrogen and oxygen atoms in total. The minimum atomic E-state index is -0.352. The highest BCUT2D eigenvalue weighted by Crippen LogP contribution is 2.75. The smallest absolute Gasteiger partial charge is 0.0762 e. The van der Waals surface area contributed by atoms with E-state index < -0.39 is 0 Å². The van der Waals surface area contributed by atoms with Gasteiger partial charge < -0.3 is 10.2 Å². The van der Waals surface area contributed by atoms with E-state index in [0.717, 1.165) is 12.8 Å². The Morgan fingerprint density at radius 2 is 1.44 bits per heavy atom. The lowest BCUT2D eigenvalue weighted by Gasteiger charge is -2.72. The maximum atomic E-state index is 11.9. The number of hydrogen-bond donors (Lipinski definition) is 2. The van der Waals surface area contributed by atoms with Gasteiger partial charge in [-0.05, 0) is 102 Å². The van der Waals surface area contributed by atoms with Crippen LogP contribution in [0.3, 0.4) is 0 Å². The van der Waals surface area contributed by atoms with E-state index in [1.807, 2.05) is 0 Å². The molecule has 2 heteroatoms. The Morgan fingerprint density at radius 3 is 2.12 bits per heavy atom. The van der Waals surface area contributed by atoms with Crippen molar-refractivity contribution in [2.24, 2.45) is 50.2 Å². The van der Waals surface area contributed by atoms with Crippen molar-refractivity contribution in [1.82, 2.24) is 0 Å². The SMILES string of the molecule is CC1(C)CC[C@]2(C)CC[C@]3(C)C(=CC(O)[C@@H]4[C@@]5(C)CCC(O)C(C)(C)C5CC[C@]43C)[C@H]2C1. The second-order valence-electron chi connectivity index (χ2n) is 15.4. The van der Waals surface area contributed by atoms with Crippen LogP contribution in [0.25, 0.3) is 0 Å². The van der Waals surface area contributed by atoms with E-state index >= 15 is 0 Å². The third kappa shape index (κ3) is 2.78. The van der Waals surface area contributed by atoms with E-state index in [1.165, 1.54) is 44.9 Å². The van der Waals surface area contributed by atoms with Gasteiger partial charge in [0.25, 0.3) is 0 Å². The van der Waals surface area contributed by atoms with Gasteiger partial charge in [0.05, 0.1) is 12.2 Å². The fourth-order valence-corrected chi connectivity index (χ4v) is 10.6. The Kier molecular flexibility index (Phi) is 4.87. The molecule has 4 saturated carbocycles. The first-order valence-corrected chi connectivity index (χ1v) is 13.7. The predicted molar refractivity (Wildman–Crippen MR) is 132 cm³/mol. The molecule has 0 aliphatic heterocycles. The van der Waals surface area contributed by atoms with Crippen LogP contribution in [-0.2, 0) is 0 Å². The van der Waals surface area contributed by atoms with E-state index in [-0.39, 0.29) is 39.8 Å². The Morgan fingerprint density at radius 1 is 0.781 bits per heavy atom. The fourth-order valence-electron chi connectivity index (χ4n) is 10.6. The lowest BCUT2D eigenvalue weighted by molar-refractivity contribution is -0.224. The van der Waals surface area contributed by atoms with Gasteiger partial charge >= 0.3 is 0 Å². The van der Waals surface area contributed by atoms with Gasteiger partial charge in [-0.15, -0.1) is 0 Å². The summed E-state index contributed by atoms with van der Waals surface area (Å²) in [5.41, 5.74) is 2.76. The van der Waals surface area contributed by atoms with Crippen molar-refractivity contribution in [2.45, 2.75) is 125 Å². The molecule has 5 aliphatic rings. The van der Waals surface area contributed by atoms with E-state index in [9.17, 15) is 10.2 Å². The summed E-state index contributed by atoms with van der Waals surface area (Å²) >= 11 is 0. The molecule has 5 rings (SSSR count). The van der Waals surface area contributed by atoms with E-state index in [4.69, 9.17) is 0 Å². The van der Waals surface area contributed by atoms with Crippen LogP contribution in [-0.4, -0.2) is 22.4 Å².